The van der Waals surface area contributed by atoms with Crippen LogP contribution in [0, 0.1) is 0 Å². The van der Waals surface area contributed by atoms with Crippen molar-refractivity contribution in [3.63, 3.8) is 0 Å². The van der Waals surface area contributed by atoms with Gasteiger partial charge in [0, 0.05) is 11.7 Å². The monoisotopic (exact) mass is 352 g/mol. The van der Waals surface area contributed by atoms with Gasteiger partial charge < -0.3 is 15.4 Å². The van der Waals surface area contributed by atoms with Crippen molar-refractivity contribution in [2.45, 2.75) is 25.2 Å². The van der Waals surface area contributed by atoms with E-state index in [2.05, 4.69) is 31.3 Å². The average molecular weight is 353 g/mol. The average Bonchev–Trinajstić information content (AvgIpc) is 3.12. The molecule has 1 aliphatic carbocycles. The fourth-order valence-electron chi connectivity index (χ4n) is 1.51. The standard InChI is InChI=1S/C12H12BrF3N2O2/c13-9-5-8(3-4-10(9)20-12(14,15)16)17-6-11(19)18-7-1-2-7/h3-5,7,17H,1-2,6H2,(H,18,19). The molecule has 2 rings (SSSR count). The van der Waals surface area contributed by atoms with Crippen molar-refractivity contribution in [2.75, 3.05) is 11.9 Å². The lowest BCUT2D eigenvalue weighted by atomic mass is 10.3. The van der Waals surface area contributed by atoms with Crippen LogP contribution in [0.25, 0.3) is 0 Å². The van der Waals surface area contributed by atoms with Gasteiger partial charge in [-0.25, -0.2) is 0 Å². The van der Waals surface area contributed by atoms with E-state index in [1.54, 1.807) is 0 Å². The predicted octanol–water partition coefficient (Wildman–Crippen LogP) is 3.04. The van der Waals surface area contributed by atoms with E-state index in [1.165, 1.54) is 18.2 Å². The van der Waals surface area contributed by atoms with Crippen LogP contribution in [-0.2, 0) is 4.79 Å². The van der Waals surface area contributed by atoms with Crippen molar-refractivity contribution >= 4 is 27.5 Å². The molecule has 0 aliphatic heterocycles. The van der Waals surface area contributed by atoms with E-state index in [9.17, 15) is 18.0 Å². The molecular formula is C12H12BrF3N2O2. The van der Waals surface area contributed by atoms with Gasteiger partial charge in [-0.15, -0.1) is 13.2 Å². The number of ether oxygens (including phenoxy) is 1. The summed E-state index contributed by atoms with van der Waals surface area (Å²) in [5.41, 5.74) is 0.525. The van der Waals surface area contributed by atoms with E-state index in [4.69, 9.17) is 0 Å². The topological polar surface area (TPSA) is 50.4 Å². The van der Waals surface area contributed by atoms with Crippen LogP contribution in [-0.4, -0.2) is 24.9 Å². The van der Waals surface area contributed by atoms with E-state index >= 15 is 0 Å². The Morgan fingerprint density at radius 3 is 2.65 bits per heavy atom. The van der Waals surface area contributed by atoms with Crippen LogP contribution in [0.4, 0.5) is 18.9 Å². The van der Waals surface area contributed by atoms with Crippen molar-refractivity contribution in [1.82, 2.24) is 5.32 Å². The summed E-state index contributed by atoms with van der Waals surface area (Å²) >= 11 is 2.99. The number of rotatable bonds is 5. The summed E-state index contributed by atoms with van der Waals surface area (Å²) in [6.45, 7) is 0.0718. The molecule has 0 atom stereocenters. The number of alkyl halides is 3. The Morgan fingerprint density at radius 2 is 2.10 bits per heavy atom. The van der Waals surface area contributed by atoms with Gasteiger partial charge in [0.1, 0.15) is 5.75 Å². The zero-order valence-electron chi connectivity index (χ0n) is 10.3. The molecule has 4 nitrogen and oxygen atoms in total. The molecule has 0 heterocycles. The lowest BCUT2D eigenvalue weighted by molar-refractivity contribution is -0.274. The lowest BCUT2D eigenvalue weighted by Crippen LogP contribution is -2.31. The number of carbonyl (C=O) groups is 1. The summed E-state index contributed by atoms with van der Waals surface area (Å²) in [7, 11) is 0. The van der Waals surface area contributed by atoms with E-state index in [0.29, 0.717) is 5.69 Å². The third-order valence-corrected chi connectivity index (χ3v) is 3.17. The number of nitrogens with one attached hydrogen (secondary N) is 2. The first-order valence-corrected chi connectivity index (χ1v) is 6.71. The summed E-state index contributed by atoms with van der Waals surface area (Å²) in [5.74, 6) is -0.468. The molecule has 2 N–H and O–H groups in total. The summed E-state index contributed by atoms with van der Waals surface area (Å²) in [4.78, 5) is 11.4. The first-order chi connectivity index (χ1) is 9.33. The summed E-state index contributed by atoms with van der Waals surface area (Å²) in [5, 5.41) is 5.62. The smallest absolute Gasteiger partial charge is 0.405 e. The van der Waals surface area contributed by atoms with Crippen LogP contribution in [0.3, 0.4) is 0 Å². The summed E-state index contributed by atoms with van der Waals surface area (Å²) in [6.07, 6.45) is -2.73. The fourth-order valence-corrected chi connectivity index (χ4v) is 1.97. The number of amides is 1. The Morgan fingerprint density at radius 1 is 1.40 bits per heavy atom. The second kappa shape index (κ2) is 5.90. The van der Waals surface area contributed by atoms with Crippen molar-refractivity contribution < 1.29 is 22.7 Å². The maximum atomic E-state index is 12.1. The third-order valence-electron chi connectivity index (χ3n) is 2.55. The Bertz CT molecular complexity index is 504. The Balaban J connectivity index is 1.89. The highest BCUT2D eigenvalue weighted by atomic mass is 79.9. The Kier molecular flexibility index (Phi) is 4.42. The van der Waals surface area contributed by atoms with Gasteiger partial charge in [-0.2, -0.15) is 0 Å². The third kappa shape index (κ3) is 4.92. The van der Waals surface area contributed by atoms with Crippen LogP contribution in [0.2, 0.25) is 0 Å². The van der Waals surface area contributed by atoms with Gasteiger partial charge in [-0.1, -0.05) is 0 Å². The number of halogens is 4. The number of benzene rings is 1. The highest BCUT2D eigenvalue weighted by molar-refractivity contribution is 9.10. The summed E-state index contributed by atoms with van der Waals surface area (Å²) < 4.78 is 40.2. The van der Waals surface area contributed by atoms with E-state index < -0.39 is 6.36 Å². The molecule has 110 valence electrons. The first kappa shape index (κ1) is 15.0. The molecule has 1 amide bonds. The molecule has 0 bridgehead atoms. The molecule has 0 aromatic heterocycles. The minimum absolute atomic E-state index is 0.0718. The molecule has 1 aliphatic rings. The van der Waals surface area contributed by atoms with Gasteiger partial charge in [0.15, 0.2) is 0 Å². The Labute approximate surface area is 121 Å². The summed E-state index contributed by atoms with van der Waals surface area (Å²) in [6, 6.07) is 4.29. The minimum atomic E-state index is -4.73. The fraction of sp³-hybridized carbons (Fsp3) is 0.417. The van der Waals surface area contributed by atoms with Gasteiger partial charge in [0.2, 0.25) is 5.91 Å². The first-order valence-electron chi connectivity index (χ1n) is 5.92. The van der Waals surface area contributed by atoms with Crippen molar-refractivity contribution in [3.8, 4) is 5.75 Å². The molecule has 1 saturated carbocycles. The van der Waals surface area contributed by atoms with Crippen molar-refractivity contribution in [3.05, 3.63) is 22.7 Å². The molecule has 0 saturated heterocycles. The number of hydrogen-bond donors (Lipinski definition) is 2. The predicted molar refractivity (Wildman–Crippen MR) is 70.5 cm³/mol. The highest BCUT2D eigenvalue weighted by Crippen LogP contribution is 2.32. The van der Waals surface area contributed by atoms with Crippen LogP contribution in [0.1, 0.15) is 12.8 Å². The second-order valence-corrected chi connectivity index (χ2v) is 5.24. The molecule has 1 fully saturated rings. The van der Waals surface area contributed by atoms with Crippen LogP contribution >= 0.6 is 15.9 Å². The molecule has 8 heteroatoms. The maximum Gasteiger partial charge on any atom is 0.573 e. The second-order valence-electron chi connectivity index (χ2n) is 4.39. The Hall–Kier alpha value is -1.44. The van der Waals surface area contributed by atoms with Crippen molar-refractivity contribution in [2.24, 2.45) is 0 Å². The van der Waals surface area contributed by atoms with Gasteiger partial charge >= 0.3 is 6.36 Å². The maximum absolute atomic E-state index is 12.1. The molecule has 0 spiro atoms. The lowest BCUT2D eigenvalue weighted by Gasteiger charge is -2.12. The zero-order chi connectivity index (χ0) is 14.8. The normalized spacial score (nSPS) is 14.8. The van der Waals surface area contributed by atoms with Gasteiger partial charge in [0.05, 0.1) is 11.0 Å². The van der Waals surface area contributed by atoms with E-state index in [1.807, 2.05) is 0 Å². The number of anilines is 1. The van der Waals surface area contributed by atoms with Crippen molar-refractivity contribution in [1.29, 1.82) is 0 Å². The molecule has 0 unspecified atom stereocenters. The molecular weight excluding hydrogens is 341 g/mol. The van der Waals surface area contributed by atoms with Gasteiger partial charge in [-0.3, -0.25) is 4.79 Å². The largest absolute Gasteiger partial charge is 0.573 e. The number of carbonyl (C=O) groups excluding carboxylic acids is 1. The van der Waals surface area contributed by atoms with Crippen LogP contribution < -0.4 is 15.4 Å². The zero-order valence-corrected chi connectivity index (χ0v) is 11.8. The highest BCUT2D eigenvalue weighted by Gasteiger charge is 2.32. The molecule has 1 aromatic carbocycles. The molecule has 0 radical (unpaired) electrons. The van der Waals surface area contributed by atoms with Gasteiger partial charge in [0.25, 0.3) is 0 Å². The molecule has 1 aromatic rings. The van der Waals surface area contributed by atoms with E-state index in [0.717, 1.165) is 12.8 Å². The van der Waals surface area contributed by atoms with Crippen LogP contribution in [0.15, 0.2) is 22.7 Å². The minimum Gasteiger partial charge on any atom is -0.405 e. The SMILES string of the molecule is O=C(CNc1ccc(OC(F)(F)F)c(Br)c1)NC1CC1. The van der Waals surface area contributed by atoms with E-state index in [-0.39, 0.29) is 28.7 Å². The molecule has 20 heavy (non-hydrogen) atoms. The van der Waals surface area contributed by atoms with Gasteiger partial charge in [-0.05, 0) is 47.0 Å². The quantitative estimate of drug-likeness (QED) is 0.856. The van der Waals surface area contributed by atoms with Crippen LogP contribution in [0.5, 0.6) is 5.75 Å². The number of hydrogen-bond acceptors (Lipinski definition) is 3.